The molecule has 0 saturated heterocycles. The molecule has 0 aliphatic heterocycles. The van der Waals surface area contributed by atoms with Gasteiger partial charge in [0.2, 0.25) is 11.8 Å². The summed E-state index contributed by atoms with van der Waals surface area (Å²) in [5.74, 6) is 0.372. The van der Waals surface area contributed by atoms with Crippen LogP contribution in [-0.2, 0) is 11.3 Å². The number of amides is 3. The molecule has 0 radical (unpaired) electrons. The number of carbonyl (C=O) groups excluding carboxylic acids is 2. The molecule has 0 aliphatic carbocycles. The first-order valence-electron chi connectivity index (χ1n) is 8.44. The molecule has 0 aliphatic rings. The van der Waals surface area contributed by atoms with Crippen LogP contribution in [0.25, 0.3) is 11.5 Å². The van der Waals surface area contributed by atoms with E-state index in [9.17, 15) is 9.59 Å². The topological polar surface area (TPSA) is 97.1 Å². The largest absolute Gasteiger partial charge is 0.411 e. The molecule has 9 heteroatoms. The van der Waals surface area contributed by atoms with Gasteiger partial charge in [-0.2, -0.15) is 0 Å². The first kappa shape index (κ1) is 19.9. The van der Waals surface area contributed by atoms with Crippen molar-refractivity contribution in [3.63, 3.8) is 0 Å². The third kappa shape index (κ3) is 6.11. The summed E-state index contributed by atoms with van der Waals surface area (Å²) in [6.45, 7) is 0.350. The van der Waals surface area contributed by atoms with Crippen LogP contribution in [0.3, 0.4) is 0 Å². The Bertz CT molecular complexity index is 949. The minimum Gasteiger partial charge on any atom is -0.411 e. The van der Waals surface area contributed by atoms with Crippen molar-refractivity contribution < 1.29 is 14.0 Å². The molecule has 3 rings (SSSR count). The van der Waals surface area contributed by atoms with Crippen molar-refractivity contribution in [2.75, 3.05) is 5.75 Å². The molecule has 3 amide bonds. The fraction of sp³-hybridized carbons (Fsp3) is 0.158. The van der Waals surface area contributed by atoms with Gasteiger partial charge in [0.1, 0.15) is 0 Å². The minimum atomic E-state index is -0.528. The number of halogens is 1. The average Bonchev–Trinajstić information content (AvgIpc) is 3.16. The first-order chi connectivity index (χ1) is 13.6. The molecule has 28 heavy (non-hydrogen) atoms. The summed E-state index contributed by atoms with van der Waals surface area (Å²) >= 11 is 7.19. The highest BCUT2D eigenvalue weighted by molar-refractivity contribution is 7.99. The molecule has 1 heterocycles. The zero-order chi connectivity index (χ0) is 19.8. The molecule has 0 fully saturated rings. The highest BCUT2D eigenvalue weighted by atomic mass is 35.5. The van der Waals surface area contributed by atoms with Crippen molar-refractivity contribution in [3.8, 4) is 11.5 Å². The number of urea groups is 1. The summed E-state index contributed by atoms with van der Waals surface area (Å²) in [5, 5.41) is 13.7. The van der Waals surface area contributed by atoms with E-state index in [0.717, 1.165) is 11.1 Å². The Kier molecular flexibility index (Phi) is 7.05. The highest BCUT2D eigenvalue weighted by Crippen LogP contribution is 2.25. The van der Waals surface area contributed by atoms with E-state index in [0.29, 0.717) is 28.4 Å². The Balaban J connectivity index is 1.39. The number of aromatic nitrogens is 2. The zero-order valence-electron chi connectivity index (χ0n) is 14.7. The number of rotatable bonds is 7. The van der Waals surface area contributed by atoms with Gasteiger partial charge in [0, 0.05) is 29.3 Å². The Morgan fingerprint density at radius 1 is 1.07 bits per heavy atom. The summed E-state index contributed by atoms with van der Waals surface area (Å²) in [5.41, 5.74) is 1.67. The summed E-state index contributed by atoms with van der Waals surface area (Å²) in [4.78, 5) is 23.6. The van der Waals surface area contributed by atoms with Gasteiger partial charge < -0.3 is 9.73 Å². The number of imide groups is 1. The Labute approximate surface area is 170 Å². The zero-order valence-corrected chi connectivity index (χ0v) is 16.3. The molecule has 144 valence electrons. The predicted molar refractivity (Wildman–Crippen MR) is 107 cm³/mol. The standard InChI is InChI=1S/C19H17ClN4O3S/c20-15-8-4-7-14(11-15)17-23-24-19(27-17)28-10-9-16(25)22-18(26)21-12-13-5-2-1-3-6-13/h1-8,11H,9-10,12H2,(H2,21,22,25,26). The number of carbonyl (C=O) groups is 2. The van der Waals surface area contributed by atoms with Gasteiger partial charge in [-0.25, -0.2) is 4.79 Å². The average molecular weight is 417 g/mol. The lowest BCUT2D eigenvalue weighted by molar-refractivity contribution is -0.119. The van der Waals surface area contributed by atoms with Crippen molar-refractivity contribution in [1.82, 2.24) is 20.8 Å². The molecule has 0 spiro atoms. The number of thioether (sulfide) groups is 1. The number of nitrogens with one attached hydrogen (secondary N) is 2. The quantitative estimate of drug-likeness (QED) is 0.567. The highest BCUT2D eigenvalue weighted by Gasteiger charge is 2.11. The van der Waals surface area contributed by atoms with Gasteiger partial charge in [-0.15, -0.1) is 10.2 Å². The Morgan fingerprint density at radius 2 is 1.89 bits per heavy atom. The summed E-state index contributed by atoms with van der Waals surface area (Å²) in [7, 11) is 0. The van der Waals surface area contributed by atoms with E-state index in [-0.39, 0.29) is 12.3 Å². The number of nitrogens with zero attached hydrogens (tertiary/aromatic N) is 2. The molecule has 1 aromatic heterocycles. The molecule has 7 nitrogen and oxygen atoms in total. The van der Waals surface area contributed by atoms with E-state index in [4.69, 9.17) is 16.0 Å². The summed E-state index contributed by atoms with van der Waals surface area (Å²) < 4.78 is 5.55. The van der Waals surface area contributed by atoms with Crippen molar-refractivity contribution >= 4 is 35.3 Å². The molecule has 2 N–H and O–H groups in total. The normalized spacial score (nSPS) is 10.5. The Morgan fingerprint density at radius 3 is 2.68 bits per heavy atom. The van der Waals surface area contributed by atoms with Gasteiger partial charge in [-0.3, -0.25) is 10.1 Å². The van der Waals surface area contributed by atoms with Crippen molar-refractivity contribution in [3.05, 3.63) is 65.2 Å². The molecular formula is C19H17ClN4O3S. The fourth-order valence-corrected chi connectivity index (χ4v) is 3.14. The Hall–Kier alpha value is -2.84. The number of benzene rings is 2. The lowest BCUT2D eigenvalue weighted by Crippen LogP contribution is -2.39. The maximum atomic E-state index is 11.9. The first-order valence-corrected chi connectivity index (χ1v) is 9.80. The SMILES string of the molecule is O=C(CCSc1nnc(-c2cccc(Cl)c2)o1)NC(=O)NCc1ccccc1. The van der Waals surface area contributed by atoms with Crippen LogP contribution in [0, 0.1) is 0 Å². The van der Waals surface area contributed by atoms with Crippen LogP contribution < -0.4 is 10.6 Å². The maximum Gasteiger partial charge on any atom is 0.321 e. The van der Waals surface area contributed by atoms with Crippen molar-refractivity contribution in [2.24, 2.45) is 0 Å². The lowest BCUT2D eigenvalue weighted by atomic mass is 10.2. The van der Waals surface area contributed by atoms with Gasteiger partial charge in [0.25, 0.3) is 5.22 Å². The number of hydrogen-bond acceptors (Lipinski definition) is 6. The summed E-state index contributed by atoms with van der Waals surface area (Å²) in [6.07, 6.45) is 0.137. The number of hydrogen-bond donors (Lipinski definition) is 2. The molecule has 0 saturated carbocycles. The van der Waals surface area contributed by atoms with E-state index < -0.39 is 6.03 Å². The molecule has 0 atom stereocenters. The van der Waals surface area contributed by atoms with E-state index >= 15 is 0 Å². The van der Waals surface area contributed by atoms with E-state index in [2.05, 4.69) is 20.8 Å². The fourth-order valence-electron chi connectivity index (χ4n) is 2.25. The summed E-state index contributed by atoms with van der Waals surface area (Å²) in [6, 6.07) is 16.0. The third-order valence-electron chi connectivity index (χ3n) is 3.58. The molecular weight excluding hydrogens is 400 g/mol. The smallest absolute Gasteiger partial charge is 0.321 e. The molecule has 3 aromatic rings. The lowest BCUT2D eigenvalue weighted by Gasteiger charge is -2.06. The molecule has 0 bridgehead atoms. The molecule has 0 unspecified atom stereocenters. The predicted octanol–water partition coefficient (Wildman–Crippen LogP) is 3.90. The van der Waals surface area contributed by atoms with E-state index in [1.165, 1.54) is 11.8 Å². The van der Waals surface area contributed by atoms with Crippen molar-refractivity contribution in [1.29, 1.82) is 0 Å². The van der Waals surface area contributed by atoms with Gasteiger partial charge in [0.15, 0.2) is 0 Å². The van der Waals surface area contributed by atoms with Crippen LogP contribution in [0.5, 0.6) is 0 Å². The minimum absolute atomic E-state index is 0.137. The second-order valence-corrected chi connectivity index (χ2v) is 7.18. The van der Waals surface area contributed by atoms with Crippen LogP contribution >= 0.6 is 23.4 Å². The van der Waals surface area contributed by atoms with Gasteiger partial charge in [-0.1, -0.05) is 59.8 Å². The van der Waals surface area contributed by atoms with Gasteiger partial charge in [0.05, 0.1) is 0 Å². The van der Waals surface area contributed by atoms with Crippen LogP contribution in [0.4, 0.5) is 4.79 Å². The van der Waals surface area contributed by atoms with E-state index in [1.807, 2.05) is 36.4 Å². The second kappa shape index (κ2) is 9.91. The molecule has 2 aromatic carbocycles. The van der Waals surface area contributed by atoms with Gasteiger partial charge in [-0.05, 0) is 23.8 Å². The van der Waals surface area contributed by atoms with Gasteiger partial charge >= 0.3 is 6.03 Å². The monoisotopic (exact) mass is 416 g/mol. The maximum absolute atomic E-state index is 11.9. The van der Waals surface area contributed by atoms with Crippen LogP contribution in [0.1, 0.15) is 12.0 Å². The third-order valence-corrected chi connectivity index (χ3v) is 4.64. The van der Waals surface area contributed by atoms with Crippen LogP contribution in [0.15, 0.2) is 64.2 Å². The van der Waals surface area contributed by atoms with Crippen LogP contribution in [0.2, 0.25) is 5.02 Å². The van der Waals surface area contributed by atoms with Crippen molar-refractivity contribution in [2.45, 2.75) is 18.2 Å². The van der Waals surface area contributed by atoms with Crippen LogP contribution in [-0.4, -0.2) is 27.9 Å². The van der Waals surface area contributed by atoms with E-state index in [1.54, 1.807) is 18.2 Å². The second-order valence-electron chi connectivity index (χ2n) is 5.70.